The maximum absolute atomic E-state index is 13.0. The predicted octanol–water partition coefficient (Wildman–Crippen LogP) is 5.23. The Morgan fingerprint density at radius 3 is 2.43 bits per heavy atom. The predicted molar refractivity (Wildman–Crippen MR) is 80.5 cm³/mol. The van der Waals surface area contributed by atoms with Crippen LogP contribution in [0.4, 0.5) is 13.2 Å². The summed E-state index contributed by atoms with van der Waals surface area (Å²) < 4.78 is 39.0. The van der Waals surface area contributed by atoms with E-state index in [1.165, 1.54) is 22.6 Å². The minimum atomic E-state index is -4.32. The summed E-state index contributed by atoms with van der Waals surface area (Å²) in [5, 5.41) is 3.18. The molecule has 0 bridgehead atoms. The Labute approximate surface area is 126 Å². The van der Waals surface area contributed by atoms with Crippen molar-refractivity contribution in [3.8, 4) is 0 Å². The molecule has 1 atom stereocenters. The summed E-state index contributed by atoms with van der Waals surface area (Å²) >= 11 is 1.68. The van der Waals surface area contributed by atoms with Gasteiger partial charge in [0.25, 0.3) is 0 Å². The summed E-state index contributed by atoms with van der Waals surface area (Å²) in [5.41, 5.74) is 0.943. The van der Waals surface area contributed by atoms with Gasteiger partial charge in [-0.15, -0.1) is 11.3 Å². The molecule has 0 saturated heterocycles. The van der Waals surface area contributed by atoms with Crippen LogP contribution in [-0.2, 0) is 12.7 Å². The second kappa shape index (κ2) is 6.20. The van der Waals surface area contributed by atoms with Gasteiger partial charge in [0.2, 0.25) is 0 Å². The van der Waals surface area contributed by atoms with E-state index >= 15 is 0 Å². The molecule has 0 aliphatic rings. The van der Waals surface area contributed by atoms with Crippen molar-refractivity contribution in [1.29, 1.82) is 0 Å². The Hall–Kier alpha value is -1.33. The Balaban J connectivity index is 2.12. The van der Waals surface area contributed by atoms with E-state index in [9.17, 15) is 13.2 Å². The number of hydrogen-bond donors (Lipinski definition) is 1. The first-order valence-corrected chi connectivity index (χ1v) is 7.56. The minimum Gasteiger partial charge on any atom is -0.305 e. The van der Waals surface area contributed by atoms with Gasteiger partial charge in [0.15, 0.2) is 0 Å². The van der Waals surface area contributed by atoms with E-state index in [2.05, 4.69) is 11.4 Å². The minimum absolute atomic E-state index is 0.287. The average molecular weight is 313 g/mol. The standard InChI is InChI=1S/C16H18F3NS/c1-10-8-13(21-12(10)3)9-20-11(2)14-6-4-5-7-15(14)16(17,18)19/h4-8,11,20H,9H2,1-3H3. The van der Waals surface area contributed by atoms with Crippen LogP contribution < -0.4 is 5.32 Å². The molecule has 1 nitrogen and oxygen atoms in total. The second-order valence-corrected chi connectivity index (χ2v) is 6.48. The molecule has 114 valence electrons. The third-order valence-corrected chi connectivity index (χ3v) is 4.68. The van der Waals surface area contributed by atoms with Crippen LogP contribution in [0.25, 0.3) is 0 Å². The van der Waals surface area contributed by atoms with E-state index in [-0.39, 0.29) is 11.6 Å². The molecule has 0 saturated carbocycles. The van der Waals surface area contributed by atoms with E-state index in [0.29, 0.717) is 6.54 Å². The van der Waals surface area contributed by atoms with Gasteiger partial charge in [-0.2, -0.15) is 13.2 Å². The summed E-state index contributed by atoms with van der Waals surface area (Å²) in [4.78, 5) is 2.39. The molecule has 1 aromatic carbocycles. The second-order valence-electron chi connectivity index (χ2n) is 5.14. The van der Waals surface area contributed by atoms with Crippen molar-refractivity contribution in [1.82, 2.24) is 5.32 Å². The number of nitrogens with one attached hydrogen (secondary N) is 1. The fourth-order valence-electron chi connectivity index (χ4n) is 2.23. The van der Waals surface area contributed by atoms with Crippen molar-refractivity contribution in [2.75, 3.05) is 0 Å². The van der Waals surface area contributed by atoms with Gasteiger partial charge in [0, 0.05) is 22.3 Å². The van der Waals surface area contributed by atoms with E-state index in [4.69, 9.17) is 0 Å². The zero-order valence-electron chi connectivity index (χ0n) is 12.2. The molecule has 1 unspecified atom stereocenters. The first-order valence-electron chi connectivity index (χ1n) is 6.74. The molecular formula is C16H18F3NS. The molecule has 1 N–H and O–H groups in total. The molecule has 0 aliphatic carbocycles. The van der Waals surface area contributed by atoms with Gasteiger partial charge >= 0.3 is 6.18 Å². The van der Waals surface area contributed by atoms with Crippen LogP contribution in [0.3, 0.4) is 0 Å². The number of aryl methyl sites for hydroxylation is 2. The van der Waals surface area contributed by atoms with Gasteiger partial charge in [-0.1, -0.05) is 18.2 Å². The molecule has 0 amide bonds. The largest absolute Gasteiger partial charge is 0.416 e. The van der Waals surface area contributed by atoms with E-state index in [0.717, 1.165) is 10.9 Å². The molecule has 0 spiro atoms. The highest BCUT2D eigenvalue weighted by Crippen LogP contribution is 2.34. The highest BCUT2D eigenvalue weighted by molar-refractivity contribution is 7.12. The fraction of sp³-hybridized carbons (Fsp3) is 0.375. The third kappa shape index (κ3) is 3.86. The highest BCUT2D eigenvalue weighted by atomic mass is 32.1. The lowest BCUT2D eigenvalue weighted by atomic mass is 10.0. The van der Waals surface area contributed by atoms with Gasteiger partial charge < -0.3 is 5.32 Å². The van der Waals surface area contributed by atoms with Gasteiger partial charge in [-0.05, 0) is 44.0 Å². The van der Waals surface area contributed by atoms with Crippen molar-refractivity contribution in [2.45, 2.75) is 39.5 Å². The first kappa shape index (κ1) is 16.0. The van der Waals surface area contributed by atoms with Crippen LogP contribution >= 0.6 is 11.3 Å². The summed E-state index contributed by atoms with van der Waals surface area (Å²) in [6.45, 7) is 6.42. The van der Waals surface area contributed by atoms with Gasteiger partial charge in [0.1, 0.15) is 0 Å². The van der Waals surface area contributed by atoms with Crippen molar-refractivity contribution in [3.05, 3.63) is 56.8 Å². The van der Waals surface area contributed by atoms with Crippen molar-refractivity contribution in [2.24, 2.45) is 0 Å². The van der Waals surface area contributed by atoms with Crippen LogP contribution in [0.15, 0.2) is 30.3 Å². The molecular weight excluding hydrogens is 295 g/mol. The summed E-state index contributed by atoms with van der Waals surface area (Å²) in [5.74, 6) is 0. The molecule has 5 heteroatoms. The SMILES string of the molecule is Cc1cc(CNC(C)c2ccccc2C(F)(F)F)sc1C. The molecule has 1 aromatic heterocycles. The Morgan fingerprint density at radius 1 is 1.19 bits per heavy atom. The highest BCUT2D eigenvalue weighted by Gasteiger charge is 2.34. The van der Waals surface area contributed by atoms with Crippen LogP contribution in [0.5, 0.6) is 0 Å². The van der Waals surface area contributed by atoms with Gasteiger partial charge in [-0.25, -0.2) is 0 Å². The molecule has 2 aromatic rings. The van der Waals surface area contributed by atoms with Crippen LogP contribution in [0.1, 0.15) is 39.4 Å². The van der Waals surface area contributed by atoms with E-state index in [1.54, 1.807) is 24.3 Å². The van der Waals surface area contributed by atoms with Crippen LogP contribution in [0.2, 0.25) is 0 Å². The monoisotopic (exact) mass is 313 g/mol. The lowest BCUT2D eigenvalue weighted by Gasteiger charge is -2.19. The quantitative estimate of drug-likeness (QED) is 0.814. The zero-order chi connectivity index (χ0) is 15.6. The summed E-state index contributed by atoms with van der Waals surface area (Å²) in [6, 6.07) is 7.45. The first-order chi connectivity index (χ1) is 9.79. The van der Waals surface area contributed by atoms with Gasteiger partial charge in [0.05, 0.1) is 5.56 Å². The fourth-order valence-corrected chi connectivity index (χ4v) is 3.24. The molecule has 2 rings (SSSR count). The van der Waals surface area contributed by atoms with E-state index in [1.807, 2.05) is 13.8 Å². The third-order valence-electron chi connectivity index (χ3n) is 3.53. The molecule has 0 aliphatic heterocycles. The topological polar surface area (TPSA) is 12.0 Å². The molecule has 0 fully saturated rings. The smallest absolute Gasteiger partial charge is 0.305 e. The Morgan fingerprint density at radius 2 is 1.86 bits per heavy atom. The number of thiophene rings is 1. The number of alkyl halides is 3. The van der Waals surface area contributed by atoms with Gasteiger partial charge in [-0.3, -0.25) is 0 Å². The normalized spacial score (nSPS) is 13.4. The summed E-state index contributed by atoms with van der Waals surface area (Å²) in [6.07, 6.45) is -4.32. The number of benzene rings is 1. The zero-order valence-corrected chi connectivity index (χ0v) is 13.0. The maximum Gasteiger partial charge on any atom is 0.416 e. The van der Waals surface area contributed by atoms with Crippen molar-refractivity contribution < 1.29 is 13.2 Å². The molecule has 1 heterocycles. The van der Waals surface area contributed by atoms with Crippen LogP contribution in [0, 0.1) is 13.8 Å². The van der Waals surface area contributed by atoms with Crippen molar-refractivity contribution >= 4 is 11.3 Å². The average Bonchev–Trinajstić information content (AvgIpc) is 2.74. The molecule has 21 heavy (non-hydrogen) atoms. The number of hydrogen-bond acceptors (Lipinski definition) is 2. The number of halogens is 3. The Bertz CT molecular complexity index is 597. The Kier molecular flexibility index (Phi) is 4.74. The lowest BCUT2D eigenvalue weighted by molar-refractivity contribution is -0.138. The van der Waals surface area contributed by atoms with Crippen molar-refractivity contribution in [3.63, 3.8) is 0 Å². The number of rotatable bonds is 4. The maximum atomic E-state index is 13.0. The van der Waals surface area contributed by atoms with E-state index < -0.39 is 11.7 Å². The van der Waals surface area contributed by atoms with Crippen LogP contribution in [-0.4, -0.2) is 0 Å². The summed E-state index contributed by atoms with van der Waals surface area (Å²) in [7, 11) is 0. The molecule has 0 radical (unpaired) electrons. The lowest BCUT2D eigenvalue weighted by Crippen LogP contribution is -2.21.